The van der Waals surface area contributed by atoms with Crippen molar-refractivity contribution in [2.75, 3.05) is 31.2 Å². The predicted molar refractivity (Wildman–Crippen MR) is 100 cm³/mol. The van der Waals surface area contributed by atoms with Gasteiger partial charge in [-0.05, 0) is 38.3 Å². The first-order valence-electron chi connectivity index (χ1n) is 9.67. The summed E-state index contributed by atoms with van der Waals surface area (Å²) in [4.78, 5) is 23.9. The molecule has 144 valence electrons. The first kappa shape index (κ1) is 18.0. The summed E-state index contributed by atoms with van der Waals surface area (Å²) in [5, 5.41) is 2.97. The number of carbonyl (C=O) groups excluding carboxylic acids is 1. The highest BCUT2D eigenvalue weighted by atomic mass is 16.5. The van der Waals surface area contributed by atoms with Gasteiger partial charge >= 0.3 is 0 Å². The van der Waals surface area contributed by atoms with E-state index in [1.165, 1.54) is 0 Å². The number of furan rings is 1. The first-order valence-corrected chi connectivity index (χ1v) is 9.67. The summed E-state index contributed by atoms with van der Waals surface area (Å²) in [5.41, 5.74) is 1.08. The molecule has 0 saturated carbocycles. The van der Waals surface area contributed by atoms with Gasteiger partial charge in [0.15, 0.2) is 0 Å². The normalized spacial score (nSPS) is 20.8. The van der Waals surface area contributed by atoms with Gasteiger partial charge in [-0.15, -0.1) is 0 Å². The summed E-state index contributed by atoms with van der Waals surface area (Å²) in [5.74, 6) is 3.07. The third-order valence-corrected chi connectivity index (χ3v) is 5.40. The van der Waals surface area contributed by atoms with Crippen LogP contribution in [0, 0.1) is 12.8 Å². The zero-order chi connectivity index (χ0) is 18.6. The van der Waals surface area contributed by atoms with Crippen molar-refractivity contribution in [3.63, 3.8) is 0 Å². The number of aryl methyl sites for hydroxylation is 1. The van der Waals surface area contributed by atoms with Crippen molar-refractivity contribution in [2.24, 2.45) is 5.92 Å². The molecule has 0 spiro atoms. The monoisotopic (exact) mass is 370 g/mol. The highest BCUT2D eigenvalue weighted by Gasteiger charge is 2.27. The number of ether oxygens (including phenoxy) is 1. The first-order chi connectivity index (χ1) is 13.2. The molecule has 1 amide bonds. The molecular formula is C20H26N4O3. The molecule has 0 bridgehead atoms. The van der Waals surface area contributed by atoms with E-state index in [2.05, 4.69) is 26.3 Å². The van der Waals surface area contributed by atoms with Gasteiger partial charge in [0.2, 0.25) is 5.91 Å². The van der Waals surface area contributed by atoms with Crippen LogP contribution in [0.4, 0.5) is 5.82 Å². The van der Waals surface area contributed by atoms with Gasteiger partial charge in [0.25, 0.3) is 0 Å². The summed E-state index contributed by atoms with van der Waals surface area (Å²) in [7, 11) is 0. The number of carbonyl (C=O) groups is 1. The van der Waals surface area contributed by atoms with E-state index < -0.39 is 0 Å². The van der Waals surface area contributed by atoms with Crippen LogP contribution in [-0.2, 0) is 16.1 Å². The number of piperidine rings is 1. The smallest absolute Gasteiger partial charge is 0.223 e. The Morgan fingerprint density at radius 3 is 2.85 bits per heavy atom. The Kier molecular flexibility index (Phi) is 5.38. The minimum Gasteiger partial charge on any atom is -0.467 e. The minimum atomic E-state index is 0.0434. The van der Waals surface area contributed by atoms with Crippen molar-refractivity contribution in [1.82, 2.24) is 15.3 Å². The second-order valence-corrected chi connectivity index (χ2v) is 7.32. The Bertz CT molecular complexity index is 764. The molecule has 0 aliphatic carbocycles. The van der Waals surface area contributed by atoms with Crippen LogP contribution in [0.1, 0.15) is 42.5 Å². The molecule has 4 rings (SSSR count). The zero-order valence-corrected chi connectivity index (χ0v) is 15.7. The molecule has 2 fully saturated rings. The average Bonchev–Trinajstić information content (AvgIpc) is 3.39. The van der Waals surface area contributed by atoms with Crippen molar-refractivity contribution in [1.29, 1.82) is 0 Å². The van der Waals surface area contributed by atoms with Crippen LogP contribution in [-0.4, -0.2) is 42.2 Å². The van der Waals surface area contributed by atoms with E-state index in [0.29, 0.717) is 12.5 Å². The fourth-order valence-electron chi connectivity index (χ4n) is 3.82. The molecular weight excluding hydrogens is 344 g/mol. The molecule has 2 aromatic rings. The van der Waals surface area contributed by atoms with E-state index in [9.17, 15) is 4.79 Å². The van der Waals surface area contributed by atoms with Gasteiger partial charge in [-0.25, -0.2) is 9.97 Å². The number of nitrogens with zero attached hydrogens (tertiary/aromatic N) is 3. The van der Waals surface area contributed by atoms with Crippen LogP contribution in [0.3, 0.4) is 0 Å². The van der Waals surface area contributed by atoms with E-state index in [1.807, 2.05) is 19.1 Å². The lowest BCUT2D eigenvalue weighted by Gasteiger charge is -2.32. The molecule has 27 heavy (non-hydrogen) atoms. The van der Waals surface area contributed by atoms with E-state index in [-0.39, 0.29) is 11.8 Å². The highest BCUT2D eigenvalue weighted by molar-refractivity contribution is 5.78. The molecule has 2 aliphatic heterocycles. The molecule has 2 aromatic heterocycles. The lowest BCUT2D eigenvalue weighted by atomic mass is 9.95. The van der Waals surface area contributed by atoms with E-state index in [4.69, 9.17) is 9.15 Å². The maximum Gasteiger partial charge on any atom is 0.223 e. The van der Waals surface area contributed by atoms with Crippen molar-refractivity contribution in [2.45, 2.75) is 38.6 Å². The number of hydrogen-bond acceptors (Lipinski definition) is 6. The van der Waals surface area contributed by atoms with E-state index in [1.54, 1.807) is 6.26 Å². The Balaban J connectivity index is 1.34. The number of aromatic nitrogens is 2. The van der Waals surface area contributed by atoms with Crippen LogP contribution in [0.15, 0.2) is 28.9 Å². The summed E-state index contributed by atoms with van der Waals surface area (Å²) < 4.78 is 10.8. The SMILES string of the molecule is Cc1nc(C2CCOC2)cc(N2CCC(C(=O)NCc3ccco3)CC2)n1. The van der Waals surface area contributed by atoms with Gasteiger partial charge in [-0.2, -0.15) is 0 Å². The summed E-state index contributed by atoms with van der Waals surface area (Å²) in [6, 6.07) is 5.80. The number of anilines is 1. The van der Waals surface area contributed by atoms with Gasteiger partial charge in [0.1, 0.15) is 17.4 Å². The molecule has 0 aromatic carbocycles. The molecule has 1 N–H and O–H groups in total. The quantitative estimate of drug-likeness (QED) is 0.871. The number of hydrogen-bond donors (Lipinski definition) is 1. The second kappa shape index (κ2) is 8.08. The third-order valence-electron chi connectivity index (χ3n) is 5.40. The maximum absolute atomic E-state index is 12.4. The lowest BCUT2D eigenvalue weighted by Crippen LogP contribution is -2.40. The summed E-state index contributed by atoms with van der Waals surface area (Å²) >= 11 is 0. The fourth-order valence-corrected chi connectivity index (χ4v) is 3.82. The highest BCUT2D eigenvalue weighted by Crippen LogP contribution is 2.28. The fraction of sp³-hybridized carbons (Fsp3) is 0.550. The Hall–Kier alpha value is -2.41. The van der Waals surface area contributed by atoms with E-state index in [0.717, 1.165) is 68.7 Å². The van der Waals surface area contributed by atoms with Crippen molar-refractivity contribution < 1.29 is 13.9 Å². The van der Waals surface area contributed by atoms with Crippen molar-refractivity contribution >= 4 is 11.7 Å². The Labute approximate surface area is 159 Å². The van der Waals surface area contributed by atoms with Gasteiger partial charge in [0.05, 0.1) is 25.1 Å². The van der Waals surface area contributed by atoms with Crippen LogP contribution < -0.4 is 10.2 Å². The summed E-state index contributed by atoms with van der Waals surface area (Å²) in [6.07, 6.45) is 4.30. The van der Waals surface area contributed by atoms with Gasteiger partial charge in [0, 0.05) is 37.6 Å². The average molecular weight is 370 g/mol. The van der Waals surface area contributed by atoms with Crippen LogP contribution >= 0.6 is 0 Å². The molecule has 2 aliphatic rings. The number of rotatable bonds is 5. The summed E-state index contributed by atoms with van der Waals surface area (Å²) in [6.45, 7) is 5.60. The Morgan fingerprint density at radius 1 is 1.30 bits per heavy atom. The molecule has 0 radical (unpaired) electrons. The van der Waals surface area contributed by atoms with Crippen LogP contribution in [0.25, 0.3) is 0 Å². The lowest BCUT2D eigenvalue weighted by molar-refractivity contribution is -0.125. The molecule has 7 heteroatoms. The van der Waals surface area contributed by atoms with Gasteiger partial charge < -0.3 is 19.4 Å². The Morgan fingerprint density at radius 2 is 2.15 bits per heavy atom. The molecule has 4 heterocycles. The standard InChI is InChI=1S/C20H26N4O3/c1-14-22-18(16-6-10-26-13-16)11-19(23-14)24-7-4-15(5-8-24)20(25)21-12-17-3-2-9-27-17/h2-3,9,11,15-16H,4-8,10,12-13H2,1H3,(H,21,25). The topological polar surface area (TPSA) is 80.5 Å². The maximum atomic E-state index is 12.4. The molecule has 2 saturated heterocycles. The molecule has 1 atom stereocenters. The predicted octanol–water partition coefficient (Wildman–Crippen LogP) is 2.41. The van der Waals surface area contributed by atoms with Crippen molar-refractivity contribution in [3.05, 3.63) is 41.7 Å². The minimum absolute atomic E-state index is 0.0434. The zero-order valence-electron chi connectivity index (χ0n) is 15.7. The molecule has 7 nitrogen and oxygen atoms in total. The second-order valence-electron chi connectivity index (χ2n) is 7.32. The molecule has 1 unspecified atom stereocenters. The van der Waals surface area contributed by atoms with Crippen LogP contribution in [0.5, 0.6) is 0 Å². The van der Waals surface area contributed by atoms with Crippen LogP contribution in [0.2, 0.25) is 0 Å². The third kappa shape index (κ3) is 4.30. The van der Waals surface area contributed by atoms with Gasteiger partial charge in [-0.3, -0.25) is 4.79 Å². The van der Waals surface area contributed by atoms with Crippen molar-refractivity contribution in [3.8, 4) is 0 Å². The van der Waals surface area contributed by atoms with Gasteiger partial charge in [-0.1, -0.05) is 0 Å². The number of nitrogens with one attached hydrogen (secondary N) is 1. The number of amides is 1. The largest absolute Gasteiger partial charge is 0.467 e. The van der Waals surface area contributed by atoms with E-state index >= 15 is 0 Å².